The first kappa shape index (κ1) is 23.3. The largest absolute Gasteiger partial charge is 0.497 e. The van der Waals surface area contributed by atoms with Crippen molar-refractivity contribution in [1.29, 1.82) is 0 Å². The van der Waals surface area contributed by atoms with Crippen LogP contribution in [0.25, 0.3) is 0 Å². The van der Waals surface area contributed by atoms with Gasteiger partial charge in [0, 0.05) is 39.6 Å². The number of methoxy groups -OCH3 is 1. The van der Waals surface area contributed by atoms with Gasteiger partial charge < -0.3 is 24.3 Å². The highest BCUT2D eigenvalue weighted by atomic mass is 16.5. The molecule has 164 valence electrons. The molecule has 1 aromatic heterocycles. The Hall–Kier alpha value is -2.96. The molecular weight excluding hydrogens is 380 g/mol. The number of carbonyl (C=O) groups excluding carboxylic acids is 1. The van der Waals surface area contributed by atoms with Crippen LogP contribution in [-0.4, -0.2) is 68.5 Å². The number of hydrogen-bond donors (Lipinski definition) is 1. The van der Waals surface area contributed by atoms with Crippen LogP contribution in [0.15, 0.2) is 52.1 Å². The van der Waals surface area contributed by atoms with Crippen LogP contribution in [-0.2, 0) is 17.6 Å². The minimum atomic E-state index is 0.0955. The van der Waals surface area contributed by atoms with E-state index in [-0.39, 0.29) is 12.5 Å². The molecule has 0 bridgehead atoms. The lowest BCUT2D eigenvalue weighted by Gasteiger charge is -2.26. The van der Waals surface area contributed by atoms with Gasteiger partial charge in [-0.15, -0.1) is 0 Å². The van der Waals surface area contributed by atoms with Crippen LogP contribution < -0.4 is 10.1 Å². The molecule has 0 saturated carbocycles. The number of aliphatic imine (C=N–C) groups is 1. The molecule has 0 spiro atoms. The molecule has 0 saturated heterocycles. The molecule has 0 fully saturated rings. The molecule has 0 aliphatic rings. The average Bonchev–Trinajstić information content (AvgIpc) is 3.27. The highest BCUT2D eigenvalue weighted by Gasteiger charge is 2.15. The van der Waals surface area contributed by atoms with Crippen LogP contribution in [0.1, 0.15) is 25.2 Å². The smallest absolute Gasteiger partial charge is 0.242 e. The first-order chi connectivity index (χ1) is 14.6. The third kappa shape index (κ3) is 7.46. The third-order valence-electron chi connectivity index (χ3n) is 4.91. The Balaban J connectivity index is 1.96. The summed E-state index contributed by atoms with van der Waals surface area (Å²) in [5, 5.41) is 3.40. The zero-order chi connectivity index (χ0) is 21.8. The van der Waals surface area contributed by atoms with Gasteiger partial charge in [-0.3, -0.25) is 9.79 Å². The number of nitrogens with one attached hydrogen (secondary N) is 1. The second-order valence-electron chi connectivity index (χ2n) is 6.98. The zero-order valence-corrected chi connectivity index (χ0v) is 18.6. The maximum absolute atomic E-state index is 12.5. The summed E-state index contributed by atoms with van der Waals surface area (Å²) >= 11 is 0. The summed E-state index contributed by atoms with van der Waals surface area (Å²) in [5.74, 6) is 2.56. The average molecular weight is 415 g/mol. The van der Waals surface area contributed by atoms with Crippen molar-refractivity contribution in [2.24, 2.45) is 4.99 Å². The Bertz CT molecular complexity index is 768. The van der Waals surface area contributed by atoms with E-state index in [2.05, 4.69) is 17.4 Å². The number of rotatable bonds is 11. The predicted octanol–water partition coefficient (Wildman–Crippen LogP) is 2.82. The van der Waals surface area contributed by atoms with Gasteiger partial charge >= 0.3 is 0 Å². The quantitative estimate of drug-likeness (QED) is 0.452. The normalized spacial score (nSPS) is 11.3. The minimum Gasteiger partial charge on any atom is -0.497 e. The number of furan rings is 1. The number of guanidine groups is 1. The van der Waals surface area contributed by atoms with E-state index in [4.69, 9.17) is 14.1 Å². The summed E-state index contributed by atoms with van der Waals surface area (Å²) in [5.41, 5.74) is 1.21. The van der Waals surface area contributed by atoms with Crippen LogP contribution in [0.3, 0.4) is 0 Å². The lowest BCUT2D eigenvalue weighted by molar-refractivity contribution is -0.131. The van der Waals surface area contributed by atoms with Gasteiger partial charge in [0.25, 0.3) is 0 Å². The second-order valence-corrected chi connectivity index (χ2v) is 6.98. The lowest BCUT2D eigenvalue weighted by Crippen LogP contribution is -2.46. The zero-order valence-electron chi connectivity index (χ0n) is 18.6. The topological polar surface area (TPSA) is 70.3 Å². The Labute approximate surface area is 179 Å². The molecule has 30 heavy (non-hydrogen) atoms. The van der Waals surface area contributed by atoms with Crippen molar-refractivity contribution in [2.45, 2.75) is 26.7 Å². The molecule has 0 atom stereocenters. The number of nitrogens with zero attached hydrogens (tertiary/aromatic N) is 3. The van der Waals surface area contributed by atoms with E-state index in [1.165, 1.54) is 5.56 Å². The van der Waals surface area contributed by atoms with Gasteiger partial charge in [-0.05, 0) is 50.1 Å². The van der Waals surface area contributed by atoms with E-state index in [0.29, 0.717) is 26.1 Å². The van der Waals surface area contributed by atoms with E-state index < -0.39 is 0 Å². The maximum Gasteiger partial charge on any atom is 0.242 e. The van der Waals surface area contributed by atoms with Gasteiger partial charge in [-0.2, -0.15) is 0 Å². The van der Waals surface area contributed by atoms with Gasteiger partial charge in [0.15, 0.2) is 5.96 Å². The Morgan fingerprint density at radius 1 is 1.13 bits per heavy atom. The fourth-order valence-electron chi connectivity index (χ4n) is 3.10. The summed E-state index contributed by atoms with van der Waals surface area (Å²) in [6.45, 7) is 6.99. The molecule has 2 rings (SSSR count). The Kier molecular flexibility index (Phi) is 9.77. The first-order valence-electron chi connectivity index (χ1n) is 10.5. The maximum atomic E-state index is 12.5. The highest BCUT2D eigenvalue weighted by Crippen LogP contribution is 2.11. The molecule has 1 N–H and O–H groups in total. The summed E-state index contributed by atoms with van der Waals surface area (Å²) in [4.78, 5) is 20.9. The van der Waals surface area contributed by atoms with Crippen molar-refractivity contribution in [1.82, 2.24) is 15.1 Å². The molecule has 1 heterocycles. The molecular formula is C23H34N4O3. The number of benzene rings is 1. The van der Waals surface area contributed by atoms with E-state index >= 15 is 0 Å². The van der Waals surface area contributed by atoms with E-state index in [1.807, 2.05) is 55.0 Å². The summed E-state index contributed by atoms with van der Waals surface area (Å²) in [7, 11) is 3.56. The van der Waals surface area contributed by atoms with Gasteiger partial charge in [-0.25, -0.2) is 0 Å². The first-order valence-corrected chi connectivity index (χ1v) is 10.5. The number of amides is 1. The van der Waals surface area contributed by atoms with Crippen molar-refractivity contribution in [3.8, 4) is 5.75 Å². The molecule has 1 aromatic carbocycles. The summed E-state index contributed by atoms with van der Waals surface area (Å²) < 4.78 is 10.6. The number of hydrogen-bond acceptors (Lipinski definition) is 4. The summed E-state index contributed by atoms with van der Waals surface area (Å²) in [6, 6.07) is 11.9. The van der Waals surface area contributed by atoms with E-state index in [9.17, 15) is 4.79 Å². The fraction of sp³-hybridized carbons (Fsp3) is 0.478. The lowest BCUT2D eigenvalue weighted by atomic mass is 10.1. The molecule has 1 amide bonds. The third-order valence-corrected chi connectivity index (χ3v) is 4.91. The predicted molar refractivity (Wildman–Crippen MR) is 120 cm³/mol. The van der Waals surface area contributed by atoms with Crippen molar-refractivity contribution in [3.05, 3.63) is 54.0 Å². The SMILES string of the molecule is CCN(CC)C(=O)CN(C)C(=NCCc1ccco1)NCCc1ccc(OC)cc1. The summed E-state index contributed by atoms with van der Waals surface area (Å²) in [6.07, 6.45) is 3.23. The molecule has 0 aliphatic carbocycles. The van der Waals surface area contributed by atoms with Crippen LogP contribution in [0.2, 0.25) is 0 Å². The Morgan fingerprint density at radius 2 is 1.87 bits per heavy atom. The van der Waals surface area contributed by atoms with Crippen LogP contribution in [0, 0.1) is 0 Å². The second kappa shape index (κ2) is 12.6. The molecule has 2 aromatic rings. The minimum absolute atomic E-state index is 0.0955. The number of ether oxygens (including phenoxy) is 1. The number of likely N-dealkylation sites (N-methyl/N-ethyl adjacent to an activating group) is 2. The van der Waals surface area contributed by atoms with Gasteiger partial charge in [0.1, 0.15) is 11.5 Å². The van der Waals surface area contributed by atoms with E-state index in [0.717, 1.165) is 30.4 Å². The molecule has 7 heteroatoms. The van der Waals surface area contributed by atoms with Gasteiger partial charge in [-0.1, -0.05) is 12.1 Å². The van der Waals surface area contributed by atoms with Gasteiger partial charge in [0.2, 0.25) is 5.91 Å². The highest BCUT2D eigenvalue weighted by molar-refractivity contribution is 5.86. The van der Waals surface area contributed by atoms with Gasteiger partial charge in [0.05, 0.1) is 19.9 Å². The van der Waals surface area contributed by atoms with Crippen LogP contribution in [0.4, 0.5) is 0 Å². The van der Waals surface area contributed by atoms with Crippen molar-refractivity contribution >= 4 is 11.9 Å². The molecule has 7 nitrogen and oxygen atoms in total. The van der Waals surface area contributed by atoms with Crippen molar-refractivity contribution < 1.29 is 13.9 Å². The fourth-order valence-corrected chi connectivity index (χ4v) is 3.10. The van der Waals surface area contributed by atoms with Crippen molar-refractivity contribution in [2.75, 3.05) is 46.9 Å². The Morgan fingerprint density at radius 3 is 2.47 bits per heavy atom. The monoisotopic (exact) mass is 414 g/mol. The van der Waals surface area contributed by atoms with E-state index in [1.54, 1.807) is 13.4 Å². The van der Waals surface area contributed by atoms with Crippen LogP contribution >= 0.6 is 0 Å². The number of carbonyl (C=O) groups is 1. The standard InChI is InChI=1S/C23H34N4O3/c1-5-27(6-2)22(28)18-26(3)23(25-16-14-21-8-7-17-30-21)24-15-13-19-9-11-20(29-4)12-10-19/h7-12,17H,5-6,13-16,18H2,1-4H3,(H,24,25). The molecule has 0 aliphatic heterocycles. The molecule has 0 radical (unpaired) electrons. The van der Waals surface area contributed by atoms with Crippen molar-refractivity contribution in [3.63, 3.8) is 0 Å². The molecule has 0 unspecified atom stereocenters. The van der Waals surface area contributed by atoms with Crippen LogP contribution in [0.5, 0.6) is 5.75 Å².